The summed E-state index contributed by atoms with van der Waals surface area (Å²) in [5.74, 6) is 0.886. The number of anilines is 1. The number of rotatable bonds is 3. The van der Waals surface area contributed by atoms with Gasteiger partial charge < -0.3 is 15.3 Å². The van der Waals surface area contributed by atoms with Gasteiger partial charge >= 0.3 is 0 Å². The van der Waals surface area contributed by atoms with Gasteiger partial charge in [0.25, 0.3) is 0 Å². The van der Waals surface area contributed by atoms with Crippen molar-refractivity contribution in [2.75, 3.05) is 18.0 Å². The Balaban J connectivity index is 1.53. The molecule has 0 amide bonds. The van der Waals surface area contributed by atoms with E-state index < -0.39 is 0 Å². The number of hydrogen-bond acceptors (Lipinski definition) is 5. The summed E-state index contributed by atoms with van der Waals surface area (Å²) >= 11 is 5.73. The number of nitrogens with zero attached hydrogens (tertiary/aromatic N) is 3. The molecule has 0 radical (unpaired) electrons. The van der Waals surface area contributed by atoms with Gasteiger partial charge in [-0.15, -0.1) is 10.2 Å². The molecule has 2 aliphatic rings. The average molecular weight is 269 g/mol. The van der Waals surface area contributed by atoms with Crippen LogP contribution in [-0.4, -0.2) is 46.6 Å². The fraction of sp³-hybridized carbons (Fsp3) is 0.667. The Morgan fingerprint density at radius 1 is 1.28 bits per heavy atom. The Morgan fingerprint density at radius 2 is 2.11 bits per heavy atom. The lowest BCUT2D eigenvalue weighted by molar-refractivity contribution is 0.0588. The highest BCUT2D eigenvalue weighted by molar-refractivity contribution is 6.29. The minimum atomic E-state index is -0.0952. The van der Waals surface area contributed by atoms with E-state index >= 15 is 0 Å². The van der Waals surface area contributed by atoms with Crippen molar-refractivity contribution in [1.82, 2.24) is 15.5 Å². The highest BCUT2D eigenvalue weighted by Gasteiger charge is 2.31. The van der Waals surface area contributed by atoms with Gasteiger partial charge in [0.1, 0.15) is 0 Å². The molecule has 1 atom stereocenters. The Morgan fingerprint density at radius 3 is 2.78 bits per heavy atom. The molecule has 1 aliphatic carbocycles. The molecule has 0 bridgehead atoms. The molecule has 0 spiro atoms. The van der Waals surface area contributed by atoms with Crippen LogP contribution < -0.4 is 10.2 Å². The Bertz CT molecular complexity index is 407. The molecule has 18 heavy (non-hydrogen) atoms. The molecule has 3 rings (SSSR count). The van der Waals surface area contributed by atoms with Gasteiger partial charge in [0.2, 0.25) is 0 Å². The van der Waals surface area contributed by atoms with Crippen LogP contribution in [0.25, 0.3) is 0 Å². The van der Waals surface area contributed by atoms with Crippen molar-refractivity contribution in [2.45, 2.75) is 37.5 Å². The number of hydrogen-bond donors (Lipinski definition) is 2. The van der Waals surface area contributed by atoms with Crippen molar-refractivity contribution in [3.8, 4) is 0 Å². The van der Waals surface area contributed by atoms with Crippen LogP contribution in [0.4, 0.5) is 5.82 Å². The maximum Gasteiger partial charge on any atom is 0.151 e. The predicted octanol–water partition coefficient (Wildman–Crippen LogP) is 0.822. The quantitative estimate of drug-likeness (QED) is 0.850. The fourth-order valence-electron chi connectivity index (χ4n) is 2.64. The third-order valence-electron chi connectivity index (χ3n) is 3.71. The van der Waals surface area contributed by atoms with Crippen molar-refractivity contribution in [3.63, 3.8) is 0 Å². The zero-order valence-corrected chi connectivity index (χ0v) is 10.8. The standard InChI is InChI=1S/C12H17ClN4O/c13-11-1-2-12(16-15-11)17-4-3-8(7-17)14-9-5-10(18)6-9/h1-2,8-10,14,18H,3-7H2/t8-,9?,10?/m1/s1. The summed E-state index contributed by atoms with van der Waals surface area (Å²) < 4.78 is 0. The molecule has 1 saturated carbocycles. The van der Waals surface area contributed by atoms with Crippen LogP contribution in [0.5, 0.6) is 0 Å². The molecule has 98 valence electrons. The second-order valence-electron chi connectivity index (χ2n) is 5.13. The maximum absolute atomic E-state index is 9.27. The van der Waals surface area contributed by atoms with Gasteiger partial charge in [0, 0.05) is 25.2 Å². The minimum Gasteiger partial charge on any atom is -0.393 e. The number of halogens is 1. The smallest absolute Gasteiger partial charge is 0.151 e. The first-order valence-electron chi connectivity index (χ1n) is 6.39. The van der Waals surface area contributed by atoms with Gasteiger partial charge in [-0.1, -0.05) is 11.6 Å². The van der Waals surface area contributed by atoms with Crippen molar-refractivity contribution in [3.05, 3.63) is 17.3 Å². The molecule has 1 saturated heterocycles. The zero-order valence-electron chi connectivity index (χ0n) is 10.1. The second kappa shape index (κ2) is 4.99. The zero-order chi connectivity index (χ0) is 12.5. The highest BCUT2D eigenvalue weighted by Crippen LogP contribution is 2.23. The summed E-state index contributed by atoms with van der Waals surface area (Å²) in [6.45, 7) is 1.94. The first kappa shape index (κ1) is 12.1. The SMILES string of the molecule is OC1CC(N[C@@H]2CCN(c3ccc(Cl)nn3)C2)C1. The summed E-state index contributed by atoms with van der Waals surface area (Å²) in [6, 6.07) is 4.65. The van der Waals surface area contributed by atoms with E-state index in [1.807, 2.05) is 6.07 Å². The fourth-order valence-corrected chi connectivity index (χ4v) is 2.74. The Labute approximate surface area is 111 Å². The van der Waals surface area contributed by atoms with E-state index in [9.17, 15) is 5.11 Å². The molecule has 2 fully saturated rings. The van der Waals surface area contributed by atoms with E-state index in [1.165, 1.54) is 0 Å². The molecule has 0 aromatic carbocycles. The monoisotopic (exact) mass is 268 g/mol. The molecule has 6 heteroatoms. The van der Waals surface area contributed by atoms with Crippen molar-refractivity contribution < 1.29 is 5.11 Å². The first-order valence-corrected chi connectivity index (χ1v) is 6.77. The van der Waals surface area contributed by atoms with Crippen molar-refractivity contribution in [1.29, 1.82) is 0 Å². The summed E-state index contributed by atoms with van der Waals surface area (Å²) in [5, 5.41) is 21.2. The van der Waals surface area contributed by atoms with Crippen molar-refractivity contribution in [2.24, 2.45) is 0 Å². The topological polar surface area (TPSA) is 61.3 Å². The summed E-state index contributed by atoms with van der Waals surface area (Å²) in [6.07, 6.45) is 2.79. The average Bonchev–Trinajstić information content (AvgIpc) is 2.77. The summed E-state index contributed by atoms with van der Waals surface area (Å²) in [5.41, 5.74) is 0. The predicted molar refractivity (Wildman–Crippen MR) is 69.8 cm³/mol. The normalized spacial score (nSPS) is 31.4. The van der Waals surface area contributed by atoms with Gasteiger partial charge in [-0.3, -0.25) is 0 Å². The number of aliphatic hydroxyl groups is 1. The van der Waals surface area contributed by atoms with Crippen LogP contribution >= 0.6 is 11.6 Å². The van der Waals surface area contributed by atoms with E-state index in [-0.39, 0.29) is 6.10 Å². The van der Waals surface area contributed by atoms with Gasteiger partial charge in [-0.2, -0.15) is 0 Å². The van der Waals surface area contributed by atoms with Crippen molar-refractivity contribution >= 4 is 17.4 Å². The molecule has 1 aliphatic heterocycles. The van der Waals surface area contributed by atoms with Crippen LogP contribution in [0.2, 0.25) is 5.15 Å². The van der Waals surface area contributed by atoms with E-state index in [0.29, 0.717) is 17.2 Å². The largest absolute Gasteiger partial charge is 0.393 e. The Hall–Kier alpha value is -0.910. The molecule has 5 nitrogen and oxygen atoms in total. The summed E-state index contributed by atoms with van der Waals surface area (Å²) in [7, 11) is 0. The first-order chi connectivity index (χ1) is 8.70. The number of aromatic nitrogens is 2. The third-order valence-corrected chi connectivity index (χ3v) is 3.92. The highest BCUT2D eigenvalue weighted by atomic mass is 35.5. The molecular weight excluding hydrogens is 252 g/mol. The lowest BCUT2D eigenvalue weighted by Gasteiger charge is -2.34. The third kappa shape index (κ3) is 2.58. The lowest BCUT2D eigenvalue weighted by Crippen LogP contribution is -2.49. The van der Waals surface area contributed by atoms with E-state index in [0.717, 1.165) is 38.2 Å². The second-order valence-corrected chi connectivity index (χ2v) is 5.52. The maximum atomic E-state index is 9.27. The van der Waals surface area contributed by atoms with E-state index in [1.54, 1.807) is 6.07 Å². The Kier molecular flexibility index (Phi) is 3.37. The minimum absolute atomic E-state index is 0.0952. The van der Waals surface area contributed by atoms with Crippen LogP contribution in [0.3, 0.4) is 0 Å². The van der Waals surface area contributed by atoms with Crippen LogP contribution in [-0.2, 0) is 0 Å². The molecule has 2 heterocycles. The number of nitrogens with one attached hydrogen (secondary N) is 1. The van der Waals surface area contributed by atoms with Gasteiger partial charge in [0.05, 0.1) is 6.10 Å². The van der Waals surface area contributed by atoms with Crippen LogP contribution in [0.15, 0.2) is 12.1 Å². The van der Waals surface area contributed by atoms with Gasteiger partial charge in [0.15, 0.2) is 11.0 Å². The van der Waals surface area contributed by atoms with E-state index in [2.05, 4.69) is 20.4 Å². The van der Waals surface area contributed by atoms with E-state index in [4.69, 9.17) is 11.6 Å². The summed E-state index contributed by atoms with van der Waals surface area (Å²) in [4.78, 5) is 2.22. The molecule has 0 unspecified atom stereocenters. The number of aliphatic hydroxyl groups excluding tert-OH is 1. The molecule has 1 aromatic rings. The lowest BCUT2D eigenvalue weighted by atomic mass is 9.89. The van der Waals surface area contributed by atoms with Gasteiger partial charge in [-0.05, 0) is 31.4 Å². The van der Waals surface area contributed by atoms with Crippen LogP contribution in [0.1, 0.15) is 19.3 Å². The molecule has 1 aromatic heterocycles. The van der Waals surface area contributed by atoms with Crippen LogP contribution in [0, 0.1) is 0 Å². The molecule has 2 N–H and O–H groups in total. The van der Waals surface area contributed by atoms with Gasteiger partial charge in [-0.25, -0.2) is 0 Å². The molecular formula is C12H17ClN4O.